The zero-order valence-corrected chi connectivity index (χ0v) is 16.7. The minimum Gasteiger partial charge on any atom is -0.326 e. The van der Waals surface area contributed by atoms with Gasteiger partial charge in [-0.3, -0.25) is 14.9 Å². The van der Waals surface area contributed by atoms with E-state index in [-0.39, 0.29) is 23.8 Å². The highest BCUT2D eigenvalue weighted by Crippen LogP contribution is 2.34. The number of para-hydroxylation sites is 1. The maximum atomic E-state index is 12.6. The van der Waals surface area contributed by atoms with Gasteiger partial charge >= 0.3 is 12.1 Å². The summed E-state index contributed by atoms with van der Waals surface area (Å²) in [7, 11) is 0. The number of carbonyl (C=O) groups excluding carboxylic acids is 4. The molecule has 160 valence electrons. The Labute approximate surface area is 179 Å². The third-order valence-corrected chi connectivity index (χ3v) is 5.67. The summed E-state index contributed by atoms with van der Waals surface area (Å²) in [5.74, 6) is -0.664. The summed E-state index contributed by atoms with van der Waals surface area (Å²) >= 11 is 0. The third-order valence-electron chi connectivity index (χ3n) is 5.67. The summed E-state index contributed by atoms with van der Waals surface area (Å²) in [6.07, 6.45) is 1.89. The van der Waals surface area contributed by atoms with Gasteiger partial charge in [0.25, 0.3) is 5.91 Å². The van der Waals surface area contributed by atoms with Crippen LogP contribution in [0, 0.1) is 5.92 Å². The summed E-state index contributed by atoms with van der Waals surface area (Å²) in [6.45, 7) is 0. The fourth-order valence-electron chi connectivity index (χ4n) is 3.95. The Morgan fingerprint density at radius 1 is 0.806 bits per heavy atom. The van der Waals surface area contributed by atoms with E-state index in [0.717, 1.165) is 0 Å². The summed E-state index contributed by atoms with van der Waals surface area (Å²) in [5.41, 5.74) is 1.02. The van der Waals surface area contributed by atoms with Crippen LogP contribution in [0.2, 0.25) is 0 Å². The molecule has 2 aromatic rings. The van der Waals surface area contributed by atoms with Crippen LogP contribution in [0.5, 0.6) is 0 Å². The minimum atomic E-state index is -0.874. The highest BCUT2D eigenvalue weighted by molar-refractivity contribution is 6.07. The molecule has 0 unspecified atom stereocenters. The first-order chi connectivity index (χ1) is 14.9. The fourth-order valence-corrected chi connectivity index (χ4v) is 3.95. The Balaban J connectivity index is 1.27. The first-order valence-electron chi connectivity index (χ1n) is 10.1. The van der Waals surface area contributed by atoms with Crippen molar-refractivity contribution in [2.75, 3.05) is 16.0 Å². The van der Waals surface area contributed by atoms with E-state index in [1.807, 2.05) is 18.2 Å². The van der Waals surface area contributed by atoms with Crippen LogP contribution < -0.4 is 26.6 Å². The van der Waals surface area contributed by atoms with E-state index >= 15 is 0 Å². The van der Waals surface area contributed by atoms with E-state index in [4.69, 9.17) is 0 Å². The molecule has 1 spiro atoms. The summed E-state index contributed by atoms with van der Waals surface area (Å²) in [6, 6.07) is 15.1. The summed E-state index contributed by atoms with van der Waals surface area (Å²) in [5, 5.41) is 13.3. The average Bonchev–Trinajstić information content (AvgIpc) is 3.03. The SMILES string of the molecule is O=C(Nc1ccccc1)Nc1ccc(NC(=O)C2CCC3(CC2)NC(=O)NC3=O)cc1. The largest absolute Gasteiger partial charge is 0.326 e. The molecule has 9 nitrogen and oxygen atoms in total. The van der Waals surface area contributed by atoms with Gasteiger partial charge in [-0.2, -0.15) is 0 Å². The molecule has 2 aliphatic rings. The van der Waals surface area contributed by atoms with E-state index in [2.05, 4.69) is 26.6 Å². The van der Waals surface area contributed by atoms with Gasteiger partial charge in [0.1, 0.15) is 5.54 Å². The first-order valence-corrected chi connectivity index (χ1v) is 10.1. The van der Waals surface area contributed by atoms with Crippen LogP contribution >= 0.6 is 0 Å². The van der Waals surface area contributed by atoms with Gasteiger partial charge in [-0.15, -0.1) is 0 Å². The number of amides is 6. The van der Waals surface area contributed by atoms with Crippen LogP contribution in [0.15, 0.2) is 54.6 Å². The van der Waals surface area contributed by atoms with E-state index in [1.54, 1.807) is 36.4 Å². The van der Waals surface area contributed by atoms with Crippen LogP contribution in [-0.2, 0) is 9.59 Å². The van der Waals surface area contributed by atoms with Gasteiger partial charge < -0.3 is 21.3 Å². The zero-order valence-electron chi connectivity index (χ0n) is 16.7. The van der Waals surface area contributed by atoms with Crippen molar-refractivity contribution < 1.29 is 19.2 Å². The minimum absolute atomic E-state index is 0.123. The molecule has 1 saturated heterocycles. The number of hydrogen-bond donors (Lipinski definition) is 5. The van der Waals surface area contributed by atoms with Crippen molar-refractivity contribution in [1.29, 1.82) is 0 Å². The Kier molecular flexibility index (Phi) is 5.57. The average molecular weight is 421 g/mol. The van der Waals surface area contributed by atoms with Crippen LogP contribution in [0.4, 0.5) is 26.7 Å². The quantitative estimate of drug-likeness (QED) is 0.486. The highest BCUT2D eigenvalue weighted by Gasteiger charge is 2.48. The van der Waals surface area contributed by atoms with Gasteiger partial charge in [0.15, 0.2) is 0 Å². The lowest BCUT2D eigenvalue weighted by Crippen LogP contribution is -2.50. The third kappa shape index (κ3) is 4.66. The topological polar surface area (TPSA) is 128 Å². The first kappa shape index (κ1) is 20.4. The Hall–Kier alpha value is -3.88. The van der Waals surface area contributed by atoms with Crippen LogP contribution in [0.1, 0.15) is 25.7 Å². The number of benzene rings is 2. The molecule has 1 heterocycles. The predicted molar refractivity (Wildman–Crippen MR) is 116 cm³/mol. The zero-order chi connectivity index (χ0) is 21.8. The second-order valence-electron chi connectivity index (χ2n) is 7.78. The summed E-state index contributed by atoms with van der Waals surface area (Å²) < 4.78 is 0. The molecular weight excluding hydrogens is 398 g/mol. The number of nitrogens with one attached hydrogen (secondary N) is 5. The van der Waals surface area contributed by atoms with E-state index in [0.29, 0.717) is 42.7 Å². The molecule has 6 amide bonds. The van der Waals surface area contributed by atoms with Gasteiger partial charge in [-0.25, -0.2) is 9.59 Å². The number of anilines is 3. The summed E-state index contributed by atoms with van der Waals surface area (Å²) in [4.78, 5) is 48.1. The standard InChI is InChI=1S/C22H23N5O4/c28-18(14-10-12-22(13-11-14)19(29)26-21(31)27-22)23-16-6-8-17(9-7-16)25-20(30)24-15-4-2-1-3-5-15/h1-9,14H,10-13H2,(H,23,28)(H2,24,25,30)(H2,26,27,29,31). The van der Waals surface area contributed by atoms with E-state index in [9.17, 15) is 19.2 Å². The van der Waals surface area contributed by atoms with Crippen molar-refractivity contribution in [2.45, 2.75) is 31.2 Å². The van der Waals surface area contributed by atoms with Crippen molar-refractivity contribution in [3.63, 3.8) is 0 Å². The number of imide groups is 1. The molecule has 0 atom stereocenters. The van der Waals surface area contributed by atoms with Crippen molar-refractivity contribution in [3.8, 4) is 0 Å². The van der Waals surface area contributed by atoms with Crippen molar-refractivity contribution in [1.82, 2.24) is 10.6 Å². The second-order valence-corrected chi connectivity index (χ2v) is 7.78. The van der Waals surface area contributed by atoms with Crippen LogP contribution in [0.25, 0.3) is 0 Å². The van der Waals surface area contributed by atoms with Gasteiger partial charge in [-0.05, 0) is 62.1 Å². The molecule has 31 heavy (non-hydrogen) atoms. The molecule has 2 aromatic carbocycles. The Morgan fingerprint density at radius 3 is 1.90 bits per heavy atom. The van der Waals surface area contributed by atoms with Gasteiger partial charge in [0.05, 0.1) is 0 Å². The monoisotopic (exact) mass is 421 g/mol. The smallest absolute Gasteiger partial charge is 0.323 e. The normalized spacial score (nSPS) is 22.4. The van der Waals surface area contributed by atoms with E-state index in [1.165, 1.54) is 0 Å². The van der Waals surface area contributed by atoms with Crippen molar-refractivity contribution in [2.24, 2.45) is 5.92 Å². The lowest BCUT2D eigenvalue weighted by Gasteiger charge is -2.33. The molecule has 4 rings (SSSR count). The molecule has 1 aliphatic heterocycles. The van der Waals surface area contributed by atoms with Gasteiger partial charge in [0, 0.05) is 23.0 Å². The van der Waals surface area contributed by atoms with Gasteiger partial charge in [0.2, 0.25) is 5.91 Å². The second kappa shape index (κ2) is 8.47. The number of hydrogen-bond acceptors (Lipinski definition) is 4. The predicted octanol–water partition coefficient (Wildman–Crippen LogP) is 3.04. The van der Waals surface area contributed by atoms with Crippen LogP contribution in [0.3, 0.4) is 0 Å². The fraction of sp³-hybridized carbons (Fsp3) is 0.273. The maximum absolute atomic E-state index is 12.6. The molecule has 0 aromatic heterocycles. The van der Waals surface area contributed by atoms with Crippen molar-refractivity contribution >= 4 is 40.9 Å². The molecule has 1 saturated carbocycles. The highest BCUT2D eigenvalue weighted by atomic mass is 16.2. The molecule has 2 fully saturated rings. The Bertz CT molecular complexity index is 998. The van der Waals surface area contributed by atoms with E-state index < -0.39 is 11.6 Å². The molecule has 9 heteroatoms. The van der Waals surface area contributed by atoms with Gasteiger partial charge in [-0.1, -0.05) is 18.2 Å². The van der Waals surface area contributed by atoms with Crippen molar-refractivity contribution in [3.05, 3.63) is 54.6 Å². The Morgan fingerprint density at radius 2 is 1.35 bits per heavy atom. The maximum Gasteiger partial charge on any atom is 0.323 e. The molecule has 1 aliphatic carbocycles. The molecule has 0 radical (unpaired) electrons. The number of urea groups is 2. The van der Waals surface area contributed by atoms with Crippen LogP contribution in [-0.4, -0.2) is 29.4 Å². The number of carbonyl (C=O) groups is 4. The lowest BCUT2D eigenvalue weighted by molar-refractivity contribution is -0.128. The molecule has 5 N–H and O–H groups in total. The molecule has 0 bridgehead atoms. The molecular formula is C22H23N5O4. The lowest BCUT2D eigenvalue weighted by atomic mass is 9.76. The number of rotatable bonds is 4.